The molecule has 0 unspecified atom stereocenters. The molecule has 0 N–H and O–H groups in total. The van der Waals surface area contributed by atoms with E-state index in [-0.39, 0.29) is 0 Å². The minimum atomic E-state index is -1.56. The van der Waals surface area contributed by atoms with Crippen LogP contribution < -0.4 is 6.14 Å². The number of aromatic nitrogens is 2. The summed E-state index contributed by atoms with van der Waals surface area (Å²) in [6, 6.07) is 29.7. The summed E-state index contributed by atoms with van der Waals surface area (Å²) in [4.78, 5) is 9.11. The Hall–Kier alpha value is -2.32. The zero-order valence-electron chi connectivity index (χ0n) is 13.8. The molecule has 2 nitrogen and oxygen atoms in total. The molecule has 0 fully saturated rings. The molecule has 3 heteroatoms. The van der Waals surface area contributed by atoms with Crippen LogP contribution in [0, 0.1) is 0 Å². The van der Waals surface area contributed by atoms with Crippen LogP contribution in [0.15, 0.2) is 97.3 Å². The Morgan fingerprint density at radius 2 is 0.920 bits per heavy atom. The zero-order chi connectivity index (χ0) is 16.9. The average molecular weight is 509 g/mol. The van der Waals surface area contributed by atoms with Gasteiger partial charge in [-0.05, 0) is 0 Å². The van der Waals surface area contributed by atoms with Crippen LogP contribution in [-0.4, -0.2) is 9.97 Å². The summed E-state index contributed by atoms with van der Waals surface area (Å²) >= 11 is -1.56. The average Bonchev–Trinajstić information content (AvgIpc) is 2.70. The second kappa shape index (κ2) is 7.71. The van der Waals surface area contributed by atoms with E-state index in [9.17, 15) is 0 Å². The molecule has 4 rings (SSSR count). The van der Waals surface area contributed by atoms with Crippen LogP contribution >= 0.6 is 0 Å². The summed E-state index contributed by atoms with van der Waals surface area (Å²) < 4.78 is 2.98. The molecule has 0 aliphatic rings. The van der Waals surface area contributed by atoms with Gasteiger partial charge in [-0.15, -0.1) is 0 Å². The Balaban J connectivity index is 1.76. The van der Waals surface area contributed by atoms with Crippen molar-refractivity contribution in [2.24, 2.45) is 0 Å². The molecule has 0 amide bonds. The van der Waals surface area contributed by atoms with Crippen LogP contribution in [-0.2, 0) is 24.6 Å². The third-order valence-corrected chi connectivity index (χ3v) is 12.1. The Labute approximate surface area is 160 Å². The van der Waals surface area contributed by atoms with Gasteiger partial charge >= 0.3 is 161 Å². The van der Waals surface area contributed by atoms with E-state index in [4.69, 9.17) is 0 Å². The normalized spacial score (nSPS) is 10.2. The van der Waals surface area contributed by atoms with Crippen LogP contribution in [0.3, 0.4) is 0 Å². The van der Waals surface area contributed by atoms with Gasteiger partial charge in [-0.25, -0.2) is 0 Å². The van der Waals surface area contributed by atoms with Crippen molar-refractivity contribution in [1.29, 1.82) is 0 Å². The van der Waals surface area contributed by atoms with E-state index in [1.807, 2.05) is 24.5 Å². The number of benzene rings is 2. The van der Waals surface area contributed by atoms with Crippen LogP contribution in [0.25, 0.3) is 22.5 Å². The van der Waals surface area contributed by atoms with Gasteiger partial charge in [0.2, 0.25) is 0 Å². The first kappa shape index (κ1) is 16.2. The summed E-state index contributed by atoms with van der Waals surface area (Å²) in [7, 11) is 0. The molecule has 0 aliphatic carbocycles. The van der Waals surface area contributed by atoms with Crippen molar-refractivity contribution < 1.29 is 24.6 Å². The molecule has 0 saturated heterocycles. The first-order chi connectivity index (χ1) is 12.4. The monoisotopic (exact) mass is 510 g/mol. The minimum absolute atomic E-state index is 1.06. The summed E-state index contributed by atoms with van der Waals surface area (Å²) in [5, 5.41) is 0. The molecule has 116 valence electrons. The summed E-state index contributed by atoms with van der Waals surface area (Å²) in [5.41, 5.74) is 4.68. The van der Waals surface area contributed by atoms with Crippen LogP contribution in [0.2, 0.25) is 0 Å². The van der Waals surface area contributed by atoms with Gasteiger partial charge in [-0.1, -0.05) is 0 Å². The van der Waals surface area contributed by atoms with E-state index in [1.54, 1.807) is 0 Å². The molecule has 0 atom stereocenters. The molecule has 0 spiro atoms. The number of hydrogen-bond donors (Lipinski definition) is 0. The van der Waals surface area contributed by atoms with Crippen molar-refractivity contribution in [1.82, 2.24) is 9.97 Å². The van der Waals surface area contributed by atoms with Crippen molar-refractivity contribution in [2.75, 3.05) is 0 Å². The van der Waals surface area contributed by atoms with E-state index in [0.717, 1.165) is 11.4 Å². The van der Waals surface area contributed by atoms with Gasteiger partial charge in [0.15, 0.2) is 0 Å². The fourth-order valence-electron chi connectivity index (χ4n) is 3.10. The summed E-state index contributed by atoms with van der Waals surface area (Å²) in [5.74, 6) is 0. The summed E-state index contributed by atoms with van der Waals surface area (Å²) in [6.07, 6.45) is 3.73. The second-order valence-corrected chi connectivity index (χ2v) is 13.2. The van der Waals surface area contributed by atoms with Gasteiger partial charge in [-0.3, -0.25) is 0 Å². The third kappa shape index (κ3) is 3.69. The van der Waals surface area contributed by atoms with Crippen LogP contribution in [0.5, 0.6) is 0 Å². The van der Waals surface area contributed by atoms with E-state index in [1.165, 1.54) is 17.3 Å². The molecule has 2 heterocycles. The molecule has 0 saturated carbocycles. The molecule has 25 heavy (non-hydrogen) atoms. The van der Waals surface area contributed by atoms with Crippen molar-refractivity contribution in [3.8, 4) is 22.5 Å². The first-order valence-corrected chi connectivity index (χ1v) is 13.9. The quantitative estimate of drug-likeness (QED) is 0.391. The van der Waals surface area contributed by atoms with Gasteiger partial charge < -0.3 is 0 Å². The maximum atomic E-state index is 4.56. The number of rotatable bonds is 4. The van der Waals surface area contributed by atoms with Crippen molar-refractivity contribution >= 4 is 6.14 Å². The Bertz CT molecular complexity index is 888. The van der Waals surface area contributed by atoms with Crippen molar-refractivity contribution in [3.05, 3.63) is 97.3 Å². The molecule has 0 bridgehead atoms. The van der Waals surface area contributed by atoms with E-state index in [0.29, 0.717) is 0 Å². The zero-order valence-corrected chi connectivity index (χ0v) is 19.3. The number of pyridine rings is 2. The second-order valence-electron chi connectivity index (χ2n) is 5.92. The molecular weight excluding hydrogens is 493 g/mol. The van der Waals surface area contributed by atoms with E-state index in [2.05, 4.69) is 82.8 Å². The van der Waals surface area contributed by atoms with Gasteiger partial charge in [0.25, 0.3) is 0 Å². The van der Waals surface area contributed by atoms with Crippen LogP contribution in [0.4, 0.5) is 0 Å². The van der Waals surface area contributed by atoms with Crippen LogP contribution in [0.1, 0.15) is 0 Å². The fourth-order valence-corrected chi connectivity index (χ4v) is 10.5. The fraction of sp³-hybridized carbons (Fsp3) is 0. The first-order valence-electron chi connectivity index (χ1n) is 8.40. The molecule has 2 aromatic heterocycles. The van der Waals surface area contributed by atoms with Gasteiger partial charge in [0, 0.05) is 0 Å². The Morgan fingerprint density at radius 1 is 0.480 bits per heavy atom. The molecule has 2 aromatic carbocycles. The standard InChI is InChI=1S/2C11H8N.Hg/c2*1-2-6-10(7-3-1)11-8-4-5-9-12-11;/h2*1-6,8-9H;. The number of nitrogens with zero attached hydrogens (tertiary/aromatic N) is 2. The topological polar surface area (TPSA) is 25.8 Å². The molecule has 4 aromatic rings. The maximum absolute atomic E-state index is 4.56. The molecular formula is C22H16HgN2. The number of hydrogen-bond acceptors (Lipinski definition) is 2. The molecule has 0 aliphatic heterocycles. The SMILES string of the molecule is c1ccc(-c2cccc[c]2[Hg][c]2ccccc2-c2ccccn2)nc1. The van der Waals surface area contributed by atoms with E-state index >= 15 is 0 Å². The summed E-state index contributed by atoms with van der Waals surface area (Å²) in [6.45, 7) is 0. The predicted molar refractivity (Wildman–Crippen MR) is 98.6 cm³/mol. The third-order valence-electron chi connectivity index (χ3n) is 4.30. The van der Waals surface area contributed by atoms with Gasteiger partial charge in [0.05, 0.1) is 0 Å². The van der Waals surface area contributed by atoms with E-state index < -0.39 is 24.6 Å². The van der Waals surface area contributed by atoms with Crippen molar-refractivity contribution in [2.45, 2.75) is 0 Å². The van der Waals surface area contributed by atoms with Crippen molar-refractivity contribution in [3.63, 3.8) is 0 Å². The predicted octanol–water partition coefficient (Wildman–Crippen LogP) is 3.84. The Morgan fingerprint density at radius 3 is 1.36 bits per heavy atom. The molecule has 0 radical (unpaired) electrons. The van der Waals surface area contributed by atoms with Gasteiger partial charge in [-0.2, -0.15) is 0 Å². The van der Waals surface area contributed by atoms with Gasteiger partial charge in [0.1, 0.15) is 0 Å². The Kier molecular flexibility index (Phi) is 4.98.